The van der Waals surface area contributed by atoms with Crippen molar-refractivity contribution in [2.45, 2.75) is 0 Å². The molecular weight excluding hydrogens is 122 g/mol. The molecule has 3 nitrogen and oxygen atoms in total. The topological polar surface area (TPSA) is 49.4 Å². The van der Waals surface area contributed by atoms with Crippen molar-refractivity contribution in [2.75, 3.05) is 13.5 Å². The van der Waals surface area contributed by atoms with Crippen LogP contribution in [-0.4, -0.2) is 13.5 Å². The molecule has 1 unspecified atom stereocenters. The predicted molar refractivity (Wildman–Crippen MR) is 20.6 cm³/mol. The lowest BCUT2D eigenvalue weighted by Gasteiger charge is -2.14. The predicted octanol–water partition coefficient (Wildman–Crippen LogP) is 0.113. The molecule has 44 valence electrons. The summed E-state index contributed by atoms with van der Waals surface area (Å²) in [6.45, 7) is 0. The zero-order chi connectivity index (χ0) is 5.91. The minimum absolute atomic E-state index is 0.924. The van der Waals surface area contributed by atoms with Gasteiger partial charge in [0.25, 0.3) is 0 Å². The van der Waals surface area contributed by atoms with Crippen molar-refractivity contribution in [1.29, 1.82) is 0 Å². The van der Waals surface area contributed by atoms with Gasteiger partial charge in [0.15, 0.2) is 14.0 Å². The summed E-state index contributed by atoms with van der Waals surface area (Å²) in [5.41, 5.74) is 0. The fourth-order valence-corrected chi connectivity index (χ4v) is 0.146. The summed E-state index contributed by atoms with van der Waals surface area (Å²) in [6.07, 6.45) is -1.43. The van der Waals surface area contributed by atoms with E-state index in [-0.39, 0.29) is 0 Å². The molecule has 0 bridgehead atoms. The minimum atomic E-state index is -4.07. The maximum Gasteiger partial charge on any atom is 0.165 e. The van der Waals surface area contributed by atoms with Gasteiger partial charge in [-0.05, 0) is 0 Å². The fourth-order valence-electron chi connectivity index (χ4n) is 0.0488. The molecule has 0 aromatic heterocycles. The largest absolute Gasteiger partial charge is 0.777 e. The molecule has 0 N–H and O–H groups in total. The van der Waals surface area contributed by atoms with Crippen LogP contribution in [0.1, 0.15) is 0 Å². The Bertz CT molecular complexity index is 84.9. The third-order valence-electron chi connectivity index (χ3n) is 0.425. The first kappa shape index (κ1) is 7.08. The summed E-state index contributed by atoms with van der Waals surface area (Å²) in [4.78, 5) is 9.80. The third-order valence-corrected chi connectivity index (χ3v) is 1.27. The van der Waals surface area contributed by atoms with Gasteiger partial charge in [0.1, 0.15) is 0 Å². The van der Waals surface area contributed by atoms with Gasteiger partial charge in [0.2, 0.25) is 0 Å². The smallest absolute Gasteiger partial charge is 0.165 e. The first-order chi connectivity index (χ1) is 3.12. The van der Waals surface area contributed by atoms with Crippen molar-refractivity contribution in [3.8, 4) is 0 Å². The lowest BCUT2D eigenvalue weighted by molar-refractivity contribution is -0.198. The fraction of sp³-hybridized carbons (Fsp3) is 1.00. The Hall–Kier alpha value is 0.0800. The molecule has 0 heterocycles. The number of alkyl halides is 1. The Kier molecular flexibility index (Phi) is 2.43. The molecule has 0 aromatic carbocycles. The van der Waals surface area contributed by atoms with E-state index >= 15 is 0 Å². The van der Waals surface area contributed by atoms with E-state index in [0.29, 0.717) is 0 Å². The molecule has 5 heteroatoms. The van der Waals surface area contributed by atoms with Crippen LogP contribution in [0.3, 0.4) is 0 Å². The average molecular weight is 127 g/mol. The van der Waals surface area contributed by atoms with Crippen LogP contribution in [0.15, 0.2) is 0 Å². The Morgan fingerprint density at radius 3 is 2.43 bits per heavy atom. The first-order valence-corrected chi connectivity index (χ1v) is 3.27. The third kappa shape index (κ3) is 2.74. The highest BCUT2D eigenvalue weighted by molar-refractivity contribution is 7.51. The van der Waals surface area contributed by atoms with E-state index < -0.39 is 14.0 Å². The normalized spacial score (nSPS) is 18.7. The van der Waals surface area contributed by atoms with E-state index in [1.807, 2.05) is 0 Å². The SMILES string of the molecule is COP(=O)([O-])CF. The van der Waals surface area contributed by atoms with Gasteiger partial charge in [0.05, 0.1) is 0 Å². The Morgan fingerprint density at radius 2 is 2.43 bits per heavy atom. The lowest BCUT2D eigenvalue weighted by Crippen LogP contribution is -2.02. The van der Waals surface area contributed by atoms with Crippen molar-refractivity contribution in [3.05, 3.63) is 0 Å². The monoisotopic (exact) mass is 127 g/mol. The molecule has 0 saturated carbocycles. The molecule has 0 amide bonds. The molecular formula is C2H5FO3P-. The van der Waals surface area contributed by atoms with Crippen LogP contribution in [0.4, 0.5) is 4.39 Å². The zero-order valence-electron chi connectivity index (χ0n) is 3.76. The van der Waals surface area contributed by atoms with Crippen LogP contribution >= 0.6 is 7.60 Å². The molecule has 0 radical (unpaired) electrons. The van der Waals surface area contributed by atoms with Crippen LogP contribution in [0.5, 0.6) is 0 Å². The summed E-state index contributed by atoms with van der Waals surface area (Å²) in [5.74, 6) is 0. The van der Waals surface area contributed by atoms with Crippen LogP contribution in [0.2, 0.25) is 0 Å². The van der Waals surface area contributed by atoms with Crippen molar-refractivity contribution in [3.63, 3.8) is 0 Å². The molecule has 0 saturated heterocycles. The Labute approximate surface area is 40.6 Å². The minimum Gasteiger partial charge on any atom is -0.777 e. The zero-order valence-corrected chi connectivity index (χ0v) is 4.65. The van der Waals surface area contributed by atoms with Crippen molar-refractivity contribution < 1.29 is 18.4 Å². The van der Waals surface area contributed by atoms with E-state index in [1.165, 1.54) is 0 Å². The van der Waals surface area contributed by atoms with Crippen molar-refractivity contribution >= 4 is 7.60 Å². The summed E-state index contributed by atoms with van der Waals surface area (Å²) in [5, 5.41) is 0. The number of rotatable bonds is 2. The van der Waals surface area contributed by atoms with Crippen LogP contribution in [0, 0.1) is 0 Å². The van der Waals surface area contributed by atoms with E-state index in [9.17, 15) is 13.8 Å². The van der Waals surface area contributed by atoms with Gasteiger partial charge in [0, 0.05) is 7.11 Å². The summed E-state index contributed by atoms with van der Waals surface area (Å²) >= 11 is 0. The summed E-state index contributed by atoms with van der Waals surface area (Å²) in [7, 11) is -3.15. The van der Waals surface area contributed by atoms with Crippen molar-refractivity contribution in [2.24, 2.45) is 0 Å². The standard InChI is InChI=1S/C2H6FO3P/c1-6-7(4,5)2-3/h2H2,1H3,(H,4,5)/p-1. The Morgan fingerprint density at radius 1 is 2.00 bits per heavy atom. The second-order valence-corrected chi connectivity index (χ2v) is 2.74. The van der Waals surface area contributed by atoms with E-state index in [2.05, 4.69) is 4.52 Å². The van der Waals surface area contributed by atoms with Gasteiger partial charge in [-0.25, -0.2) is 4.39 Å². The van der Waals surface area contributed by atoms with Gasteiger partial charge in [-0.1, -0.05) is 0 Å². The molecule has 0 spiro atoms. The highest BCUT2D eigenvalue weighted by Gasteiger charge is 2.00. The highest BCUT2D eigenvalue weighted by atomic mass is 31.2. The molecule has 0 aliphatic carbocycles. The van der Waals surface area contributed by atoms with Gasteiger partial charge >= 0.3 is 0 Å². The van der Waals surface area contributed by atoms with Crippen molar-refractivity contribution in [1.82, 2.24) is 0 Å². The number of hydrogen-bond donors (Lipinski definition) is 0. The molecule has 1 atom stereocenters. The molecule has 0 aromatic rings. The molecule has 7 heavy (non-hydrogen) atoms. The van der Waals surface area contributed by atoms with Crippen LogP contribution in [0.25, 0.3) is 0 Å². The van der Waals surface area contributed by atoms with Gasteiger partial charge in [-0.15, -0.1) is 0 Å². The average Bonchev–Trinajstić information content (AvgIpc) is 1.68. The molecule has 0 aliphatic heterocycles. The summed E-state index contributed by atoms with van der Waals surface area (Å²) < 4.78 is 24.6. The Balaban J connectivity index is 3.61. The number of hydrogen-bond acceptors (Lipinski definition) is 3. The highest BCUT2D eigenvalue weighted by Crippen LogP contribution is 2.34. The lowest BCUT2D eigenvalue weighted by atomic mass is 11.8. The molecule has 0 fully saturated rings. The van der Waals surface area contributed by atoms with E-state index in [0.717, 1.165) is 7.11 Å². The second-order valence-electron chi connectivity index (χ2n) is 0.913. The maximum atomic E-state index is 11.1. The molecule has 0 aliphatic rings. The summed E-state index contributed by atoms with van der Waals surface area (Å²) in [6, 6.07) is 0. The number of halogens is 1. The van der Waals surface area contributed by atoms with E-state index in [1.54, 1.807) is 0 Å². The molecule has 0 rings (SSSR count). The van der Waals surface area contributed by atoms with E-state index in [4.69, 9.17) is 0 Å². The van der Waals surface area contributed by atoms with Crippen LogP contribution < -0.4 is 4.89 Å². The first-order valence-electron chi connectivity index (χ1n) is 1.54. The maximum absolute atomic E-state index is 11.1. The van der Waals surface area contributed by atoms with Gasteiger partial charge in [-0.2, -0.15) is 0 Å². The van der Waals surface area contributed by atoms with Crippen LogP contribution in [-0.2, 0) is 9.09 Å². The van der Waals surface area contributed by atoms with Gasteiger partial charge in [-0.3, -0.25) is 0 Å². The quantitative estimate of drug-likeness (QED) is 0.494. The second kappa shape index (κ2) is 2.40. The van der Waals surface area contributed by atoms with Gasteiger partial charge < -0.3 is 14.0 Å².